The molecule has 0 aromatic heterocycles. The summed E-state index contributed by atoms with van der Waals surface area (Å²) >= 11 is 0. The number of amides is 3. The lowest BCUT2D eigenvalue weighted by molar-refractivity contribution is 0.0691. The van der Waals surface area contributed by atoms with E-state index in [2.05, 4.69) is 5.32 Å². The lowest BCUT2D eigenvalue weighted by Crippen LogP contribution is -2.29. The van der Waals surface area contributed by atoms with Crippen LogP contribution in [-0.4, -0.2) is 46.1 Å². The molecule has 6 aromatic rings. The van der Waals surface area contributed by atoms with Gasteiger partial charge < -0.3 is 10.4 Å². The summed E-state index contributed by atoms with van der Waals surface area (Å²) in [6.45, 7) is 0. The van der Waals surface area contributed by atoms with E-state index >= 15 is 0 Å². The van der Waals surface area contributed by atoms with Gasteiger partial charge in [0, 0.05) is 33.4 Å². The van der Waals surface area contributed by atoms with Crippen molar-refractivity contribution in [2.75, 3.05) is 10.2 Å². The molecule has 0 saturated carbocycles. The Labute approximate surface area is 302 Å². The van der Waals surface area contributed by atoms with Crippen LogP contribution in [0.25, 0.3) is 0 Å². The van der Waals surface area contributed by atoms with Crippen molar-refractivity contribution in [3.05, 3.63) is 201 Å². The number of hydrogen-bond donors (Lipinski definition) is 2. The number of ketones is 3. The Balaban J connectivity index is 1.14. The van der Waals surface area contributed by atoms with Gasteiger partial charge in [-0.2, -0.15) is 0 Å². The molecular formula is C43H26N2O8. The van der Waals surface area contributed by atoms with Gasteiger partial charge in [-0.15, -0.1) is 0 Å². The second-order valence-corrected chi connectivity index (χ2v) is 12.0. The number of carbonyl (C=O) groups excluding carboxylic acids is 6. The van der Waals surface area contributed by atoms with Gasteiger partial charge in [-0.1, -0.05) is 84.9 Å². The van der Waals surface area contributed by atoms with Gasteiger partial charge in [0.25, 0.3) is 17.7 Å². The summed E-state index contributed by atoms with van der Waals surface area (Å²) in [6, 6.07) is 36.9. The number of aromatic carboxylic acids is 1. The van der Waals surface area contributed by atoms with Crippen molar-refractivity contribution in [3.63, 3.8) is 0 Å². The zero-order valence-electron chi connectivity index (χ0n) is 27.6. The predicted octanol–water partition coefficient (Wildman–Crippen LogP) is 7.13. The Morgan fingerprint density at radius 2 is 0.962 bits per heavy atom. The number of anilines is 2. The van der Waals surface area contributed by atoms with Crippen LogP contribution in [0.5, 0.6) is 0 Å². The highest BCUT2D eigenvalue weighted by Crippen LogP contribution is 2.31. The molecule has 0 saturated heterocycles. The summed E-state index contributed by atoms with van der Waals surface area (Å²) in [5, 5.41) is 12.5. The maximum Gasteiger partial charge on any atom is 0.336 e. The normalized spacial score (nSPS) is 11.9. The zero-order valence-corrected chi connectivity index (χ0v) is 27.6. The molecule has 0 unspecified atom stereocenters. The van der Waals surface area contributed by atoms with Crippen molar-refractivity contribution in [1.29, 1.82) is 0 Å². The molecule has 1 heterocycles. The average Bonchev–Trinajstić information content (AvgIpc) is 3.45. The number of fused-ring (bicyclic) bond motifs is 1. The summed E-state index contributed by atoms with van der Waals surface area (Å²) in [7, 11) is 0. The van der Waals surface area contributed by atoms with Crippen LogP contribution >= 0.6 is 0 Å². The number of nitrogens with one attached hydrogen (secondary N) is 1. The Hall–Kier alpha value is -7.59. The average molecular weight is 699 g/mol. The quantitative estimate of drug-likeness (QED) is 0.113. The van der Waals surface area contributed by atoms with Crippen LogP contribution in [0.15, 0.2) is 146 Å². The molecule has 53 heavy (non-hydrogen) atoms. The van der Waals surface area contributed by atoms with Gasteiger partial charge in [0.05, 0.1) is 33.6 Å². The Morgan fingerprint density at radius 1 is 0.453 bits per heavy atom. The second-order valence-electron chi connectivity index (χ2n) is 12.0. The van der Waals surface area contributed by atoms with Crippen LogP contribution in [0.3, 0.4) is 0 Å². The molecule has 0 atom stereocenters. The van der Waals surface area contributed by atoms with E-state index in [9.17, 15) is 38.7 Å². The number of para-hydroxylation sites is 1. The fourth-order valence-electron chi connectivity index (χ4n) is 6.09. The first kappa shape index (κ1) is 33.9. The highest BCUT2D eigenvalue weighted by Gasteiger charge is 2.37. The molecule has 7 rings (SSSR count). The second kappa shape index (κ2) is 14.0. The van der Waals surface area contributed by atoms with Crippen LogP contribution in [-0.2, 0) is 0 Å². The first-order valence-electron chi connectivity index (χ1n) is 16.3. The number of carboxylic acid groups (broad SMARTS) is 1. The monoisotopic (exact) mass is 698 g/mol. The third-order valence-electron chi connectivity index (χ3n) is 8.79. The first-order valence-corrected chi connectivity index (χ1v) is 16.3. The molecule has 0 aliphatic carbocycles. The maximum absolute atomic E-state index is 13.8. The Morgan fingerprint density at radius 3 is 1.62 bits per heavy atom. The van der Waals surface area contributed by atoms with E-state index in [0.717, 1.165) is 17.0 Å². The van der Waals surface area contributed by atoms with Gasteiger partial charge in [0.2, 0.25) is 0 Å². The van der Waals surface area contributed by atoms with E-state index in [-0.39, 0.29) is 61.9 Å². The van der Waals surface area contributed by atoms with Crippen LogP contribution in [0, 0.1) is 0 Å². The lowest BCUT2D eigenvalue weighted by atomic mass is 9.95. The molecule has 0 fully saturated rings. The summed E-state index contributed by atoms with van der Waals surface area (Å²) in [5.74, 6) is -4.78. The highest BCUT2D eigenvalue weighted by molar-refractivity contribution is 6.35. The van der Waals surface area contributed by atoms with Crippen LogP contribution in [0.4, 0.5) is 11.4 Å². The molecule has 1 aliphatic heterocycles. The molecule has 2 N–H and O–H groups in total. The molecule has 0 radical (unpaired) electrons. The topological polar surface area (TPSA) is 155 Å². The summed E-state index contributed by atoms with van der Waals surface area (Å²) in [5.41, 5.74) is 1.10. The third kappa shape index (κ3) is 6.44. The van der Waals surface area contributed by atoms with E-state index in [0.29, 0.717) is 16.7 Å². The van der Waals surface area contributed by atoms with E-state index in [1.807, 2.05) is 0 Å². The van der Waals surface area contributed by atoms with Gasteiger partial charge >= 0.3 is 5.97 Å². The SMILES string of the molecule is O=C(c1ccccc1)c1ccc(N2C(=O)c3ccc(C(=O)c4ccc(C(=O)O)c(C(=O)Nc5ccccc5C(=O)c5ccccc5)c4)cc3C2=O)cc1. The van der Waals surface area contributed by atoms with E-state index in [1.165, 1.54) is 60.7 Å². The molecule has 1 aliphatic rings. The molecule has 10 nitrogen and oxygen atoms in total. The van der Waals surface area contributed by atoms with Gasteiger partial charge in [-0.05, 0) is 60.7 Å². The molecule has 0 spiro atoms. The molecule has 6 aromatic carbocycles. The highest BCUT2D eigenvalue weighted by atomic mass is 16.4. The zero-order chi connectivity index (χ0) is 37.2. The number of imide groups is 1. The molecular weight excluding hydrogens is 672 g/mol. The molecule has 3 amide bonds. The Bertz CT molecular complexity index is 2510. The van der Waals surface area contributed by atoms with Crippen LogP contribution in [0.2, 0.25) is 0 Å². The third-order valence-corrected chi connectivity index (χ3v) is 8.79. The molecule has 256 valence electrons. The van der Waals surface area contributed by atoms with Gasteiger partial charge in [-0.25, -0.2) is 9.69 Å². The van der Waals surface area contributed by atoms with Crippen molar-refractivity contribution >= 4 is 52.4 Å². The number of nitrogens with zero attached hydrogens (tertiary/aromatic N) is 1. The van der Waals surface area contributed by atoms with Gasteiger partial charge in [0.1, 0.15) is 0 Å². The first-order chi connectivity index (χ1) is 25.6. The van der Waals surface area contributed by atoms with E-state index in [4.69, 9.17) is 0 Å². The fraction of sp³-hybridized carbons (Fsp3) is 0. The van der Waals surface area contributed by atoms with Crippen molar-refractivity contribution in [2.45, 2.75) is 0 Å². The minimum absolute atomic E-state index is 0.0174. The number of hydrogen-bond acceptors (Lipinski definition) is 7. The maximum atomic E-state index is 13.8. The summed E-state index contributed by atoms with van der Waals surface area (Å²) < 4.78 is 0. The summed E-state index contributed by atoms with van der Waals surface area (Å²) in [4.78, 5) is 93.4. The summed E-state index contributed by atoms with van der Waals surface area (Å²) in [6.07, 6.45) is 0. The Kier molecular flexibility index (Phi) is 8.93. The minimum atomic E-state index is -1.41. The largest absolute Gasteiger partial charge is 0.478 e. The standard InChI is InChI=1S/C43H26N2O8/c46-37(25-9-3-1-4-10-25)27-15-19-30(20-16-27)45-41(50)31-21-17-29(24-35(31)42(45)51)38(47)28-18-22-32(43(52)53)34(23-28)40(49)44-36-14-8-7-13-33(36)39(48)26-11-5-2-6-12-26/h1-24H,(H,44,49)(H,52,53). The van der Waals surface area contributed by atoms with Crippen molar-refractivity contribution in [1.82, 2.24) is 0 Å². The van der Waals surface area contributed by atoms with Gasteiger partial charge in [0.15, 0.2) is 17.3 Å². The van der Waals surface area contributed by atoms with E-state index < -0.39 is 29.5 Å². The van der Waals surface area contributed by atoms with E-state index in [1.54, 1.807) is 72.8 Å². The number of carbonyl (C=O) groups is 7. The number of benzene rings is 6. The number of carboxylic acids is 1. The van der Waals surface area contributed by atoms with Crippen molar-refractivity contribution < 1.29 is 38.7 Å². The molecule has 10 heteroatoms. The van der Waals surface area contributed by atoms with Crippen molar-refractivity contribution in [3.8, 4) is 0 Å². The van der Waals surface area contributed by atoms with Crippen LogP contribution in [0.1, 0.15) is 89.2 Å². The fourth-order valence-corrected chi connectivity index (χ4v) is 6.09. The van der Waals surface area contributed by atoms with Crippen molar-refractivity contribution in [2.24, 2.45) is 0 Å². The smallest absolute Gasteiger partial charge is 0.336 e. The minimum Gasteiger partial charge on any atom is -0.478 e. The molecule has 0 bridgehead atoms. The van der Waals surface area contributed by atoms with Gasteiger partial charge in [-0.3, -0.25) is 28.8 Å². The lowest BCUT2D eigenvalue weighted by Gasteiger charge is -2.14. The number of rotatable bonds is 10. The van der Waals surface area contributed by atoms with Crippen LogP contribution < -0.4 is 10.2 Å². The predicted molar refractivity (Wildman–Crippen MR) is 195 cm³/mol.